The fraction of sp³-hybridized carbons (Fsp3) is 0.250. The normalized spacial score (nSPS) is 14.8. The molecule has 0 fully saturated rings. The predicted octanol–water partition coefficient (Wildman–Crippen LogP) is 4.98. The lowest BCUT2D eigenvalue weighted by molar-refractivity contribution is -0.124. The maximum absolute atomic E-state index is 12.4. The Morgan fingerprint density at radius 3 is 2.36 bits per heavy atom. The maximum Gasteiger partial charge on any atom is 0.238 e. The van der Waals surface area contributed by atoms with Crippen molar-refractivity contribution in [2.75, 3.05) is 12.0 Å². The van der Waals surface area contributed by atoms with Crippen molar-refractivity contribution in [3.8, 4) is 5.75 Å². The van der Waals surface area contributed by atoms with Crippen LogP contribution in [0.3, 0.4) is 0 Å². The Morgan fingerprint density at radius 2 is 1.75 bits per heavy atom. The highest BCUT2D eigenvalue weighted by Crippen LogP contribution is 2.39. The van der Waals surface area contributed by atoms with Crippen molar-refractivity contribution in [3.05, 3.63) is 71.4 Å². The fourth-order valence-corrected chi connectivity index (χ4v) is 3.20. The van der Waals surface area contributed by atoms with Gasteiger partial charge in [0.15, 0.2) is 5.78 Å². The number of benzene rings is 2. The van der Waals surface area contributed by atoms with Crippen LogP contribution in [-0.2, 0) is 15.0 Å². The van der Waals surface area contributed by atoms with Crippen LogP contribution in [0.4, 0.5) is 5.69 Å². The Morgan fingerprint density at radius 1 is 1.04 bits per heavy atom. The Labute approximate surface area is 166 Å². The zero-order valence-corrected chi connectivity index (χ0v) is 16.7. The first-order valence-electron chi connectivity index (χ1n) is 9.28. The minimum Gasteiger partial charge on any atom is -0.496 e. The number of anilines is 1. The van der Waals surface area contributed by atoms with E-state index in [1.807, 2.05) is 54.6 Å². The molecule has 4 heteroatoms. The van der Waals surface area contributed by atoms with Crippen LogP contribution in [0, 0.1) is 0 Å². The van der Waals surface area contributed by atoms with Gasteiger partial charge in [0.1, 0.15) is 5.75 Å². The predicted molar refractivity (Wildman–Crippen MR) is 113 cm³/mol. The van der Waals surface area contributed by atoms with E-state index in [-0.39, 0.29) is 23.5 Å². The fourth-order valence-electron chi connectivity index (χ4n) is 3.20. The van der Waals surface area contributed by atoms with Gasteiger partial charge in [-0.1, -0.05) is 63.3 Å². The molecule has 0 aromatic heterocycles. The molecule has 144 valence electrons. The van der Waals surface area contributed by atoms with E-state index in [0.717, 1.165) is 28.1 Å². The molecular formula is C24H25NO3. The zero-order chi connectivity index (χ0) is 20.3. The van der Waals surface area contributed by atoms with E-state index >= 15 is 0 Å². The summed E-state index contributed by atoms with van der Waals surface area (Å²) in [5, 5.41) is 0. The number of hydrogen-bond donors (Lipinski definition) is 0. The molecule has 1 aliphatic rings. The molecule has 1 amide bonds. The molecule has 2 aromatic rings. The Balaban J connectivity index is 2.14. The monoisotopic (exact) mass is 375 g/mol. The van der Waals surface area contributed by atoms with Crippen LogP contribution in [-0.4, -0.2) is 18.8 Å². The minimum absolute atomic E-state index is 0.109. The van der Waals surface area contributed by atoms with Gasteiger partial charge < -0.3 is 4.74 Å². The molecule has 3 rings (SSSR count). The lowest BCUT2D eigenvalue weighted by Gasteiger charge is -2.28. The van der Waals surface area contributed by atoms with Gasteiger partial charge >= 0.3 is 0 Å². The first-order valence-corrected chi connectivity index (χ1v) is 9.28. The van der Waals surface area contributed by atoms with Crippen molar-refractivity contribution in [1.29, 1.82) is 0 Å². The average Bonchev–Trinajstić information content (AvgIpc) is 2.65. The number of ketones is 1. The smallest absolute Gasteiger partial charge is 0.238 e. The Bertz CT molecular complexity index is 950. The van der Waals surface area contributed by atoms with E-state index in [4.69, 9.17) is 4.74 Å². The molecular weight excluding hydrogens is 350 g/mol. The third-order valence-electron chi connectivity index (χ3n) is 4.65. The summed E-state index contributed by atoms with van der Waals surface area (Å²) in [4.78, 5) is 25.5. The van der Waals surface area contributed by atoms with Crippen molar-refractivity contribution in [2.24, 2.45) is 0 Å². The van der Waals surface area contributed by atoms with E-state index in [9.17, 15) is 9.59 Å². The van der Waals surface area contributed by atoms with E-state index in [2.05, 4.69) is 20.8 Å². The molecule has 2 aromatic carbocycles. The molecule has 0 N–H and O–H groups in total. The molecule has 0 bridgehead atoms. The summed E-state index contributed by atoms with van der Waals surface area (Å²) in [5.41, 5.74) is 3.50. The Hall–Kier alpha value is -3.14. The van der Waals surface area contributed by atoms with Crippen molar-refractivity contribution in [3.63, 3.8) is 0 Å². The first-order chi connectivity index (χ1) is 13.3. The van der Waals surface area contributed by atoms with Crippen molar-refractivity contribution < 1.29 is 14.3 Å². The van der Waals surface area contributed by atoms with Gasteiger partial charge in [-0.05, 0) is 29.2 Å². The second kappa shape index (κ2) is 7.85. The van der Waals surface area contributed by atoms with Crippen LogP contribution in [0.1, 0.15) is 43.9 Å². The number of hydrogen-bond acceptors (Lipinski definition) is 3. The van der Waals surface area contributed by atoms with Gasteiger partial charge in [0.2, 0.25) is 5.91 Å². The molecule has 0 saturated heterocycles. The van der Waals surface area contributed by atoms with Crippen LogP contribution in [0.25, 0.3) is 12.2 Å². The number of ether oxygens (including phenoxy) is 1. The van der Waals surface area contributed by atoms with Crippen molar-refractivity contribution in [2.45, 2.75) is 32.6 Å². The van der Waals surface area contributed by atoms with Crippen molar-refractivity contribution >= 4 is 29.5 Å². The second-order valence-electron chi connectivity index (χ2n) is 7.83. The molecule has 0 radical (unpaired) electrons. The summed E-state index contributed by atoms with van der Waals surface area (Å²) in [6, 6.07) is 13.9. The molecule has 0 unspecified atom stereocenters. The highest BCUT2D eigenvalue weighted by molar-refractivity contribution is 6.13. The highest BCUT2D eigenvalue weighted by Gasteiger charge is 2.26. The van der Waals surface area contributed by atoms with Gasteiger partial charge in [-0.15, -0.1) is 0 Å². The summed E-state index contributed by atoms with van der Waals surface area (Å²) < 4.78 is 5.75. The van der Waals surface area contributed by atoms with Gasteiger partial charge in [-0.25, -0.2) is 0 Å². The number of carbonyl (C=O) groups excluding carboxylic acids is 2. The first kappa shape index (κ1) is 19.6. The van der Waals surface area contributed by atoms with Crippen LogP contribution >= 0.6 is 0 Å². The number of methoxy groups -OCH3 is 1. The van der Waals surface area contributed by atoms with Gasteiger partial charge in [-0.2, -0.15) is 0 Å². The SMILES string of the molecule is COc1c(/C=C/c2ccccc2)cc(N2C=CC(=O)CC2=O)cc1C(C)(C)C. The third-order valence-corrected chi connectivity index (χ3v) is 4.65. The average molecular weight is 375 g/mol. The minimum atomic E-state index is -0.226. The van der Waals surface area contributed by atoms with Crippen LogP contribution in [0.5, 0.6) is 5.75 Å². The molecule has 0 atom stereocenters. The molecule has 0 saturated carbocycles. The van der Waals surface area contributed by atoms with Crippen LogP contribution < -0.4 is 9.64 Å². The number of nitrogens with zero attached hydrogens (tertiary/aromatic N) is 1. The van der Waals surface area contributed by atoms with Gasteiger partial charge in [0.25, 0.3) is 0 Å². The van der Waals surface area contributed by atoms with E-state index in [0.29, 0.717) is 0 Å². The van der Waals surface area contributed by atoms with Gasteiger partial charge in [0, 0.05) is 23.0 Å². The Kier molecular flexibility index (Phi) is 5.50. The standard InChI is InChI=1S/C24H25NO3/c1-24(2,3)21-15-19(25-13-12-20(26)16-22(25)27)14-18(23(21)28-4)11-10-17-8-6-5-7-9-17/h5-15H,16H2,1-4H3/b11-10+. The number of rotatable bonds is 4. The summed E-state index contributed by atoms with van der Waals surface area (Å²) in [5.74, 6) is 0.387. The van der Waals surface area contributed by atoms with Gasteiger partial charge in [0.05, 0.1) is 13.5 Å². The van der Waals surface area contributed by atoms with Crippen molar-refractivity contribution in [1.82, 2.24) is 0 Å². The lowest BCUT2D eigenvalue weighted by atomic mass is 9.84. The molecule has 1 heterocycles. The number of amides is 1. The second-order valence-corrected chi connectivity index (χ2v) is 7.83. The van der Waals surface area contributed by atoms with Gasteiger partial charge in [-0.3, -0.25) is 14.5 Å². The zero-order valence-electron chi connectivity index (χ0n) is 16.7. The summed E-state index contributed by atoms with van der Waals surface area (Å²) in [7, 11) is 1.66. The molecule has 0 spiro atoms. The summed E-state index contributed by atoms with van der Waals surface area (Å²) in [6.45, 7) is 6.32. The molecule has 1 aliphatic heterocycles. The molecule has 4 nitrogen and oxygen atoms in total. The maximum atomic E-state index is 12.4. The highest BCUT2D eigenvalue weighted by atomic mass is 16.5. The molecule has 0 aliphatic carbocycles. The van der Waals surface area contributed by atoms with E-state index < -0.39 is 0 Å². The topological polar surface area (TPSA) is 46.6 Å². The summed E-state index contributed by atoms with van der Waals surface area (Å²) >= 11 is 0. The van der Waals surface area contributed by atoms with E-state index in [1.54, 1.807) is 13.3 Å². The van der Waals surface area contributed by atoms with Crippen LogP contribution in [0.2, 0.25) is 0 Å². The number of allylic oxidation sites excluding steroid dienone is 1. The summed E-state index contributed by atoms with van der Waals surface area (Å²) in [6.07, 6.45) is 6.90. The molecule has 28 heavy (non-hydrogen) atoms. The lowest BCUT2D eigenvalue weighted by Crippen LogP contribution is -2.31. The third kappa shape index (κ3) is 4.22. The quantitative estimate of drug-likeness (QED) is 0.559. The van der Waals surface area contributed by atoms with Crippen LogP contribution in [0.15, 0.2) is 54.7 Å². The van der Waals surface area contributed by atoms with E-state index in [1.165, 1.54) is 11.0 Å². The largest absolute Gasteiger partial charge is 0.496 e. The number of carbonyl (C=O) groups is 2.